The van der Waals surface area contributed by atoms with Gasteiger partial charge in [-0.2, -0.15) is 0 Å². The summed E-state index contributed by atoms with van der Waals surface area (Å²) in [5, 5.41) is 16.3. The lowest BCUT2D eigenvalue weighted by atomic mass is 10.4. The van der Waals surface area contributed by atoms with Crippen LogP contribution in [0.5, 0.6) is 0 Å². The molecule has 0 fully saturated rings. The number of thioether (sulfide) groups is 2. The van der Waals surface area contributed by atoms with E-state index < -0.39 is 12.0 Å². The molecule has 1 rings (SSSR count). The van der Waals surface area contributed by atoms with Crippen LogP contribution in [-0.4, -0.2) is 39.3 Å². The van der Waals surface area contributed by atoms with Gasteiger partial charge in [-0.15, -0.1) is 10.2 Å². The summed E-state index contributed by atoms with van der Waals surface area (Å²) < 4.78 is 1.63. The molecular formula is C6H9N3O2S3. The number of aromatic nitrogens is 2. The van der Waals surface area contributed by atoms with Crippen molar-refractivity contribution in [3.63, 3.8) is 0 Å². The summed E-state index contributed by atoms with van der Waals surface area (Å²) in [4.78, 5) is 10.4. The molecule has 0 saturated heterocycles. The first-order valence-electron chi connectivity index (χ1n) is 3.62. The molecule has 0 aliphatic carbocycles. The topological polar surface area (TPSA) is 89.1 Å². The van der Waals surface area contributed by atoms with Crippen LogP contribution in [0.15, 0.2) is 8.68 Å². The second-order valence-electron chi connectivity index (χ2n) is 2.29. The lowest BCUT2D eigenvalue weighted by Crippen LogP contribution is -2.32. The smallest absolute Gasteiger partial charge is 0.321 e. The van der Waals surface area contributed by atoms with Gasteiger partial charge in [0.1, 0.15) is 6.04 Å². The third kappa shape index (κ3) is 3.45. The fraction of sp³-hybridized carbons (Fsp3) is 0.500. The minimum atomic E-state index is -0.993. The normalized spacial score (nSPS) is 12.7. The Morgan fingerprint density at radius 1 is 1.64 bits per heavy atom. The molecule has 1 heterocycles. The van der Waals surface area contributed by atoms with Gasteiger partial charge >= 0.3 is 5.97 Å². The van der Waals surface area contributed by atoms with Crippen molar-refractivity contribution >= 4 is 40.8 Å². The molecule has 0 aromatic carbocycles. The highest BCUT2D eigenvalue weighted by molar-refractivity contribution is 8.03. The fourth-order valence-corrected chi connectivity index (χ4v) is 2.97. The summed E-state index contributed by atoms with van der Waals surface area (Å²) in [7, 11) is 0. The maximum absolute atomic E-state index is 10.4. The van der Waals surface area contributed by atoms with Crippen molar-refractivity contribution in [2.24, 2.45) is 5.73 Å². The molecule has 0 aliphatic rings. The maximum atomic E-state index is 10.4. The predicted molar refractivity (Wildman–Crippen MR) is 58.0 cm³/mol. The molecule has 0 amide bonds. The molecule has 0 radical (unpaired) electrons. The van der Waals surface area contributed by atoms with E-state index in [1.807, 2.05) is 6.26 Å². The van der Waals surface area contributed by atoms with Crippen molar-refractivity contribution in [1.82, 2.24) is 10.2 Å². The minimum Gasteiger partial charge on any atom is -0.480 e. The number of hydrogen-bond donors (Lipinski definition) is 2. The molecule has 14 heavy (non-hydrogen) atoms. The maximum Gasteiger partial charge on any atom is 0.321 e. The third-order valence-corrected chi connectivity index (χ3v) is 4.42. The van der Waals surface area contributed by atoms with Crippen molar-refractivity contribution in [2.45, 2.75) is 14.7 Å². The van der Waals surface area contributed by atoms with Gasteiger partial charge in [-0.3, -0.25) is 4.79 Å². The van der Waals surface area contributed by atoms with E-state index in [0.717, 1.165) is 8.68 Å². The van der Waals surface area contributed by atoms with E-state index in [9.17, 15) is 4.79 Å². The number of carboxylic acids is 1. The number of nitrogens with zero attached hydrogens (tertiary/aromatic N) is 2. The van der Waals surface area contributed by atoms with Crippen molar-refractivity contribution in [2.75, 3.05) is 12.0 Å². The third-order valence-electron chi connectivity index (χ3n) is 1.27. The SMILES string of the molecule is CSc1nnc(SCC(N)C(=O)O)s1. The van der Waals surface area contributed by atoms with Crippen LogP contribution in [-0.2, 0) is 4.79 Å². The van der Waals surface area contributed by atoms with E-state index in [2.05, 4.69) is 10.2 Å². The molecule has 0 spiro atoms. The zero-order valence-corrected chi connectivity index (χ0v) is 9.79. The van der Waals surface area contributed by atoms with Gasteiger partial charge in [-0.25, -0.2) is 0 Å². The van der Waals surface area contributed by atoms with Crippen LogP contribution in [0.3, 0.4) is 0 Å². The largest absolute Gasteiger partial charge is 0.480 e. The number of nitrogens with two attached hydrogens (primary N) is 1. The van der Waals surface area contributed by atoms with Gasteiger partial charge < -0.3 is 10.8 Å². The van der Waals surface area contributed by atoms with Crippen LogP contribution in [0.2, 0.25) is 0 Å². The lowest BCUT2D eigenvalue weighted by Gasteiger charge is -2.02. The first kappa shape index (κ1) is 11.8. The number of aliphatic carboxylic acids is 1. The molecule has 0 saturated carbocycles. The van der Waals surface area contributed by atoms with E-state index >= 15 is 0 Å². The van der Waals surface area contributed by atoms with Crippen LogP contribution >= 0.6 is 34.9 Å². The molecule has 1 aromatic heterocycles. The molecule has 0 aliphatic heterocycles. The first-order chi connectivity index (χ1) is 6.63. The fourth-order valence-electron chi connectivity index (χ4n) is 0.570. The van der Waals surface area contributed by atoms with Gasteiger partial charge in [0, 0.05) is 5.75 Å². The summed E-state index contributed by atoms with van der Waals surface area (Å²) >= 11 is 4.27. The van der Waals surface area contributed by atoms with Crippen LogP contribution < -0.4 is 5.73 Å². The Hall–Kier alpha value is -0.310. The predicted octanol–water partition coefficient (Wildman–Crippen LogP) is 0.764. The van der Waals surface area contributed by atoms with Crippen LogP contribution in [0.1, 0.15) is 0 Å². The molecule has 8 heteroatoms. The Bertz CT molecular complexity index is 317. The van der Waals surface area contributed by atoms with E-state index in [4.69, 9.17) is 10.8 Å². The van der Waals surface area contributed by atoms with Gasteiger partial charge in [0.05, 0.1) is 0 Å². The molecular weight excluding hydrogens is 242 g/mol. The second-order valence-corrected chi connectivity index (χ2v) is 5.59. The summed E-state index contributed by atoms with van der Waals surface area (Å²) in [6.45, 7) is 0. The van der Waals surface area contributed by atoms with Crippen molar-refractivity contribution in [3.05, 3.63) is 0 Å². The van der Waals surface area contributed by atoms with E-state index in [0.29, 0.717) is 5.75 Å². The zero-order chi connectivity index (χ0) is 10.6. The highest BCUT2D eigenvalue weighted by atomic mass is 32.2. The van der Waals surface area contributed by atoms with Gasteiger partial charge in [0.25, 0.3) is 0 Å². The average Bonchev–Trinajstić information content (AvgIpc) is 2.61. The summed E-state index contributed by atoms with van der Waals surface area (Å²) in [6.07, 6.45) is 1.91. The van der Waals surface area contributed by atoms with E-state index in [1.54, 1.807) is 0 Å². The molecule has 1 unspecified atom stereocenters. The second kappa shape index (κ2) is 5.54. The number of hydrogen-bond acceptors (Lipinski definition) is 7. The first-order valence-corrected chi connectivity index (χ1v) is 6.65. The van der Waals surface area contributed by atoms with Crippen molar-refractivity contribution in [3.8, 4) is 0 Å². The Labute approximate surface area is 93.5 Å². The number of carboxylic acid groups (broad SMARTS) is 1. The van der Waals surface area contributed by atoms with Gasteiger partial charge in [0.15, 0.2) is 8.68 Å². The number of rotatable bonds is 5. The Morgan fingerprint density at radius 2 is 2.29 bits per heavy atom. The Morgan fingerprint density at radius 3 is 2.79 bits per heavy atom. The van der Waals surface area contributed by atoms with Gasteiger partial charge in [0.2, 0.25) is 0 Å². The molecule has 0 bridgehead atoms. The summed E-state index contributed by atoms with van der Waals surface area (Å²) in [5.41, 5.74) is 5.33. The Kier molecular flexibility index (Phi) is 4.66. The summed E-state index contributed by atoms with van der Waals surface area (Å²) in [5.74, 6) is -0.676. The monoisotopic (exact) mass is 251 g/mol. The average molecular weight is 251 g/mol. The standard InChI is InChI=1S/C6H9N3O2S3/c1-12-5-8-9-6(14-5)13-2-3(7)4(10)11/h3H,2,7H2,1H3,(H,10,11). The molecule has 1 aromatic rings. The van der Waals surface area contributed by atoms with Crippen LogP contribution in [0.25, 0.3) is 0 Å². The van der Waals surface area contributed by atoms with Crippen molar-refractivity contribution in [1.29, 1.82) is 0 Å². The van der Waals surface area contributed by atoms with Gasteiger partial charge in [-0.05, 0) is 6.26 Å². The van der Waals surface area contributed by atoms with Crippen LogP contribution in [0.4, 0.5) is 0 Å². The quantitative estimate of drug-likeness (QED) is 0.747. The lowest BCUT2D eigenvalue weighted by molar-refractivity contribution is -0.137. The van der Waals surface area contributed by atoms with E-state index in [1.165, 1.54) is 34.9 Å². The van der Waals surface area contributed by atoms with E-state index in [-0.39, 0.29) is 0 Å². The highest BCUT2D eigenvalue weighted by Crippen LogP contribution is 2.27. The van der Waals surface area contributed by atoms with Gasteiger partial charge in [-0.1, -0.05) is 34.9 Å². The minimum absolute atomic E-state index is 0.318. The molecule has 1 atom stereocenters. The Balaban J connectivity index is 2.41. The van der Waals surface area contributed by atoms with Crippen molar-refractivity contribution < 1.29 is 9.90 Å². The molecule has 3 N–H and O–H groups in total. The highest BCUT2D eigenvalue weighted by Gasteiger charge is 2.13. The molecule has 78 valence electrons. The molecule has 5 nitrogen and oxygen atoms in total. The zero-order valence-electron chi connectivity index (χ0n) is 7.34. The van der Waals surface area contributed by atoms with Crippen LogP contribution in [0, 0.1) is 0 Å². The summed E-state index contributed by atoms with van der Waals surface area (Å²) in [6, 6.07) is -0.846. The number of carbonyl (C=O) groups is 1.